The highest BCUT2D eigenvalue weighted by molar-refractivity contribution is 5.89. The van der Waals surface area contributed by atoms with Crippen molar-refractivity contribution in [2.24, 2.45) is 11.8 Å². The minimum absolute atomic E-state index is 0.124. The van der Waals surface area contributed by atoms with Gasteiger partial charge in [0.05, 0.1) is 5.92 Å². The number of carbonyl (C=O) groups excluding carboxylic acids is 2. The minimum atomic E-state index is -0.166. The molecule has 2 amide bonds. The Morgan fingerprint density at radius 3 is 2.37 bits per heavy atom. The Bertz CT molecular complexity index is 854. The fourth-order valence-corrected chi connectivity index (χ4v) is 4.74. The van der Waals surface area contributed by atoms with Gasteiger partial charge in [0.15, 0.2) is 0 Å². The third-order valence-electron chi connectivity index (χ3n) is 6.65. The average Bonchev–Trinajstić information content (AvgIpc) is 3.15. The van der Waals surface area contributed by atoms with Crippen LogP contribution in [-0.2, 0) is 22.4 Å². The van der Waals surface area contributed by atoms with E-state index in [0.717, 1.165) is 38.8 Å². The van der Waals surface area contributed by atoms with E-state index in [0.29, 0.717) is 25.4 Å². The van der Waals surface area contributed by atoms with Crippen molar-refractivity contribution >= 4 is 11.8 Å². The highest BCUT2D eigenvalue weighted by Crippen LogP contribution is 2.26. The lowest BCUT2D eigenvalue weighted by Crippen LogP contribution is -2.42. The van der Waals surface area contributed by atoms with E-state index in [4.69, 9.17) is 0 Å². The fourth-order valence-electron chi connectivity index (χ4n) is 4.74. The summed E-state index contributed by atoms with van der Waals surface area (Å²) in [4.78, 5) is 29.4. The Labute approximate surface area is 179 Å². The number of aryl methyl sites for hydroxylation is 1. The van der Waals surface area contributed by atoms with Gasteiger partial charge < -0.3 is 9.80 Å². The van der Waals surface area contributed by atoms with Gasteiger partial charge in [-0.1, -0.05) is 60.2 Å². The molecule has 0 saturated carbocycles. The van der Waals surface area contributed by atoms with E-state index in [1.54, 1.807) is 0 Å². The molecule has 2 saturated heterocycles. The van der Waals surface area contributed by atoms with Crippen LogP contribution >= 0.6 is 0 Å². The van der Waals surface area contributed by atoms with Crippen LogP contribution in [0.4, 0.5) is 0 Å². The summed E-state index contributed by atoms with van der Waals surface area (Å²) in [5, 5.41) is 0. The quantitative estimate of drug-likeness (QED) is 0.733. The highest BCUT2D eigenvalue weighted by atomic mass is 16.2. The summed E-state index contributed by atoms with van der Waals surface area (Å²) in [6.45, 7) is 5.00. The van der Waals surface area contributed by atoms with Crippen molar-refractivity contribution in [2.45, 2.75) is 39.0 Å². The molecule has 0 unspecified atom stereocenters. The van der Waals surface area contributed by atoms with Crippen molar-refractivity contribution in [1.82, 2.24) is 9.80 Å². The van der Waals surface area contributed by atoms with Crippen molar-refractivity contribution < 1.29 is 9.59 Å². The molecule has 4 heteroatoms. The van der Waals surface area contributed by atoms with Gasteiger partial charge in [-0.15, -0.1) is 0 Å². The van der Waals surface area contributed by atoms with Crippen LogP contribution in [0.15, 0.2) is 54.6 Å². The van der Waals surface area contributed by atoms with Crippen molar-refractivity contribution in [1.29, 1.82) is 0 Å². The summed E-state index contributed by atoms with van der Waals surface area (Å²) >= 11 is 0. The van der Waals surface area contributed by atoms with E-state index in [9.17, 15) is 9.59 Å². The topological polar surface area (TPSA) is 40.6 Å². The van der Waals surface area contributed by atoms with Gasteiger partial charge in [0.1, 0.15) is 0 Å². The van der Waals surface area contributed by atoms with E-state index >= 15 is 0 Å². The molecule has 0 radical (unpaired) electrons. The third kappa shape index (κ3) is 5.10. The maximum atomic E-state index is 13.0. The first-order valence-electron chi connectivity index (χ1n) is 11.2. The van der Waals surface area contributed by atoms with Crippen molar-refractivity contribution in [3.63, 3.8) is 0 Å². The van der Waals surface area contributed by atoms with E-state index in [1.165, 1.54) is 16.7 Å². The zero-order chi connectivity index (χ0) is 20.9. The Morgan fingerprint density at radius 2 is 1.67 bits per heavy atom. The van der Waals surface area contributed by atoms with Crippen LogP contribution in [0.3, 0.4) is 0 Å². The van der Waals surface area contributed by atoms with E-state index in [1.807, 2.05) is 9.80 Å². The first-order chi connectivity index (χ1) is 14.6. The number of likely N-dealkylation sites (tertiary alicyclic amines) is 2. The maximum absolute atomic E-state index is 13.0. The van der Waals surface area contributed by atoms with Crippen molar-refractivity contribution in [3.8, 4) is 0 Å². The van der Waals surface area contributed by atoms with Gasteiger partial charge in [0, 0.05) is 32.6 Å². The molecule has 2 heterocycles. The lowest BCUT2D eigenvalue weighted by Gasteiger charge is -2.33. The normalized spacial score (nSPS) is 20.0. The third-order valence-corrected chi connectivity index (χ3v) is 6.65. The Morgan fingerprint density at radius 1 is 0.967 bits per heavy atom. The molecule has 0 N–H and O–H groups in total. The van der Waals surface area contributed by atoms with Crippen LogP contribution in [-0.4, -0.2) is 47.8 Å². The molecule has 2 aromatic rings. The SMILES string of the molecule is Cc1ccc(CCN2C[C@@H](C(=O)N3CCC(Cc4ccccc4)CC3)CC2=O)cc1. The molecule has 4 nitrogen and oxygen atoms in total. The van der Waals surface area contributed by atoms with Gasteiger partial charge in [-0.2, -0.15) is 0 Å². The molecular formula is C26H32N2O2. The molecule has 2 aliphatic heterocycles. The second-order valence-electron chi connectivity index (χ2n) is 8.93. The van der Waals surface area contributed by atoms with E-state index in [-0.39, 0.29) is 17.7 Å². The number of hydrogen-bond acceptors (Lipinski definition) is 2. The van der Waals surface area contributed by atoms with Crippen LogP contribution in [0.5, 0.6) is 0 Å². The fraction of sp³-hybridized carbons (Fsp3) is 0.462. The van der Waals surface area contributed by atoms with Gasteiger partial charge in [0.25, 0.3) is 0 Å². The Hall–Kier alpha value is -2.62. The second-order valence-corrected chi connectivity index (χ2v) is 8.93. The second kappa shape index (κ2) is 9.46. The number of carbonyl (C=O) groups is 2. The monoisotopic (exact) mass is 404 g/mol. The molecule has 0 spiro atoms. The largest absolute Gasteiger partial charge is 0.342 e. The number of rotatable bonds is 6. The van der Waals surface area contributed by atoms with Gasteiger partial charge in [0.2, 0.25) is 11.8 Å². The van der Waals surface area contributed by atoms with E-state index in [2.05, 4.69) is 61.5 Å². The molecule has 1 atom stereocenters. The Kier molecular flexibility index (Phi) is 6.51. The average molecular weight is 405 g/mol. The number of amides is 2. The zero-order valence-electron chi connectivity index (χ0n) is 17.9. The minimum Gasteiger partial charge on any atom is -0.342 e. The summed E-state index contributed by atoms with van der Waals surface area (Å²) in [5.41, 5.74) is 3.87. The van der Waals surface area contributed by atoms with Gasteiger partial charge >= 0.3 is 0 Å². The predicted molar refractivity (Wildman–Crippen MR) is 119 cm³/mol. The van der Waals surface area contributed by atoms with Crippen molar-refractivity contribution in [2.75, 3.05) is 26.2 Å². The summed E-state index contributed by atoms with van der Waals surface area (Å²) < 4.78 is 0. The number of hydrogen-bond donors (Lipinski definition) is 0. The predicted octanol–water partition coefficient (Wildman–Crippen LogP) is 3.87. The number of nitrogens with zero attached hydrogens (tertiary/aromatic N) is 2. The molecule has 0 aliphatic carbocycles. The van der Waals surface area contributed by atoms with Crippen LogP contribution in [0.25, 0.3) is 0 Å². The maximum Gasteiger partial charge on any atom is 0.227 e. The molecular weight excluding hydrogens is 372 g/mol. The molecule has 0 aromatic heterocycles. The summed E-state index contributed by atoms with van der Waals surface area (Å²) in [6, 6.07) is 19.1. The van der Waals surface area contributed by atoms with Gasteiger partial charge in [-0.3, -0.25) is 9.59 Å². The van der Waals surface area contributed by atoms with E-state index < -0.39 is 0 Å². The number of benzene rings is 2. The molecule has 30 heavy (non-hydrogen) atoms. The summed E-state index contributed by atoms with van der Waals surface area (Å²) in [6.07, 6.45) is 4.42. The van der Waals surface area contributed by atoms with Crippen molar-refractivity contribution in [3.05, 3.63) is 71.3 Å². The molecule has 4 rings (SSSR count). The smallest absolute Gasteiger partial charge is 0.227 e. The van der Waals surface area contributed by atoms with Crippen LogP contribution < -0.4 is 0 Å². The zero-order valence-corrected chi connectivity index (χ0v) is 17.9. The van der Waals surface area contributed by atoms with Gasteiger partial charge in [-0.05, 0) is 49.7 Å². The summed E-state index contributed by atoms with van der Waals surface area (Å²) in [5.74, 6) is 0.785. The van der Waals surface area contributed by atoms with Crippen LogP contribution in [0, 0.1) is 18.8 Å². The van der Waals surface area contributed by atoms with Crippen LogP contribution in [0.1, 0.15) is 36.0 Å². The molecule has 0 bridgehead atoms. The molecule has 158 valence electrons. The molecule has 2 aromatic carbocycles. The molecule has 2 aliphatic rings. The van der Waals surface area contributed by atoms with Gasteiger partial charge in [-0.25, -0.2) is 0 Å². The lowest BCUT2D eigenvalue weighted by atomic mass is 9.89. The molecule has 2 fully saturated rings. The first-order valence-corrected chi connectivity index (χ1v) is 11.2. The summed E-state index contributed by atoms with van der Waals surface area (Å²) in [7, 11) is 0. The number of piperidine rings is 1. The standard InChI is InChI=1S/C26H32N2O2/c1-20-7-9-21(10-8-20)11-16-28-19-24(18-25(28)29)26(30)27-14-12-23(13-15-27)17-22-5-3-2-4-6-22/h2-10,23-24H,11-19H2,1H3/t24-/m0/s1. The van der Waals surface area contributed by atoms with Crippen LogP contribution in [0.2, 0.25) is 0 Å². The highest BCUT2D eigenvalue weighted by Gasteiger charge is 2.37. The lowest BCUT2D eigenvalue weighted by molar-refractivity contribution is -0.137. The Balaban J connectivity index is 1.24. The first kappa shape index (κ1) is 20.6.